The van der Waals surface area contributed by atoms with E-state index in [2.05, 4.69) is 5.32 Å². The van der Waals surface area contributed by atoms with E-state index >= 15 is 0 Å². The summed E-state index contributed by atoms with van der Waals surface area (Å²) in [5, 5.41) is 12.0. The van der Waals surface area contributed by atoms with E-state index in [1.807, 2.05) is 6.07 Å². The van der Waals surface area contributed by atoms with Gasteiger partial charge in [-0.3, -0.25) is 9.59 Å². The molecule has 19 heavy (non-hydrogen) atoms. The number of carbonyl (C=O) groups excluding carboxylic acids is 2. The van der Waals surface area contributed by atoms with Crippen molar-refractivity contribution < 1.29 is 14.7 Å². The summed E-state index contributed by atoms with van der Waals surface area (Å²) >= 11 is 0. The molecule has 0 spiro atoms. The molecule has 0 aromatic heterocycles. The van der Waals surface area contributed by atoms with Crippen molar-refractivity contribution in [1.29, 1.82) is 0 Å². The van der Waals surface area contributed by atoms with Crippen LogP contribution in [-0.4, -0.2) is 24.3 Å². The Morgan fingerprint density at radius 3 is 2.58 bits per heavy atom. The van der Waals surface area contributed by atoms with Gasteiger partial charge in [0.1, 0.15) is 5.75 Å². The molecule has 0 aliphatic carbocycles. The highest BCUT2D eigenvalue weighted by molar-refractivity contribution is 5.95. The maximum absolute atomic E-state index is 11.6. The number of aromatic hydroxyl groups is 1. The molecule has 4 heteroatoms. The molecule has 1 amide bonds. The summed E-state index contributed by atoms with van der Waals surface area (Å²) in [6.45, 7) is 0. The van der Waals surface area contributed by atoms with Gasteiger partial charge in [0.25, 0.3) is 5.91 Å². The summed E-state index contributed by atoms with van der Waals surface area (Å²) in [5.74, 6) is -0.225. The lowest BCUT2D eigenvalue weighted by Gasteiger charge is -2.06. The molecule has 0 unspecified atom stereocenters. The number of benzene rings is 2. The standard InChI is InChI=1S/C15H13NO3/c1-16-15(19)12-4-2-3-10(7-12)11-5-6-14(18)13(8-11)9-17/h2-9,18H,1H3,(H,16,19). The molecule has 2 N–H and O–H groups in total. The summed E-state index contributed by atoms with van der Waals surface area (Å²) in [7, 11) is 1.57. The molecular weight excluding hydrogens is 242 g/mol. The van der Waals surface area contributed by atoms with E-state index < -0.39 is 0 Å². The van der Waals surface area contributed by atoms with Crippen LogP contribution in [-0.2, 0) is 0 Å². The van der Waals surface area contributed by atoms with Gasteiger partial charge in [-0.15, -0.1) is 0 Å². The lowest BCUT2D eigenvalue weighted by molar-refractivity contribution is 0.0962. The Hall–Kier alpha value is -2.62. The van der Waals surface area contributed by atoms with Crippen molar-refractivity contribution in [3.63, 3.8) is 0 Å². The molecule has 2 aromatic carbocycles. The number of hydrogen-bond donors (Lipinski definition) is 2. The summed E-state index contributed by atoms with van der Waals surface area (Å²) in [5.41, 5.74) is 2.35. The van der Waals surface area contributed by atoms with Crippen LogP contribution in [0.4, 0.5) is 0 Å². The number of amides is 1. The molecule has 4 nitrogen and oxygen atoms in total. The quantitative estimate of drug-likeness (QED) is 0.826. The monoisotopic (exact) mass is 255 g/mol. The maximum atomic E-state index is 11.6. The predicted molar refractivity (Wildman–Crippen MR) is 72.3 cm³/mol. The molecule has 2 rings (SSSR count). The van der Waals surface area contributed by atoms with Crippen LogP contribution >= 0.6 is 0 Å². The second kappa shape index (κ2) is 5.35. The summed E-state index contributed by atoms with van der Waals surface area (Å²) < 4.78 is 0. The van der Waals surface area contributed by atoms with Gasteiger partial charge in [-0.25, -0.2) is 0 Å². The maximum Gasteiger partial charge on any atom is 0.251 e. The van der Waals surface area contributed by atoms with Gasteiger partial charge in [0.15, 0.2) is 6.29 Å². The second-order valence-corrected chi connectivity index (χ2v) is 4.05. The highest BCUT2D eigenvalue weighted by atomic mass is 16.3. The van der Waals surface area contributed by atoms with E-state index in [1.54, 1.807) is 37.4 Å². The Labute approximate surface area is 110 Å². The summed E-state index contributed by atoms with van der Waals surface area (Å²) in [6, 6.07) is 11.8. The zero-order valence-corrected chi connectivity index (χ0v) is 10.4. The van der Waals surface area contributed by atoms with Crippen LogP contribution in [0, 0.1) is 0 Å². The Morgan fingerprint density at radius 2 is 1.89 bits per heavy atom. The van der Waals surface area contributed by atoms with Crippen LogP contribution in [0.25, 0.3) is 11.1 Å². The Kier molecular flexibility index (Phi) is 3.61. The Balaban J connectivity index is 2.47. The SMILES string of the molecule is CNC(=O)c1cccc(-c2ccc(O)c(C=O)c2)c1. The first-order chi connectivity index (χ1) is 9.15. The first kappa shape index (κ1) is 12.8. The second-order valence-electron chi connectivity index (χ2n) is 4.05. The van der Waals surface area contributed by atoms with E-state index in [0.717, 1.165) is 11.1 Å². The fraction of sp³-hybridized carbons (Fsp3) is 0.0667. The minimum atomic E-state index is -0.170. The molecule has 96 valence electrons. The topological polar surface area (TPSA) is 66.4 Å². The third-order valence-corrected chi connectivity index (χ3v) is 2.84. The number of nitrogens with one attached hydrogen (secondary N) is 1. The van der Waals surface area contributed by atoms with Gasteiger partial charge in [0.2, 0.25) is 0 Å². The van der Waals surface area contributed by atoms with Crippen LogP contribution in [0.3, 0.4) is 0 Å². The average molecular weight is 255 g/mol. The van der Waals surface area contributed by atoms with Gasteiger partial charge < -0.3 is 10.4 Å². The first-order valence-corrected chi connectivity index (χ1v) is 5.76. The lowest BCUT2D eigenvalue weighted by atomic mass is 10.0. The van der Waals surface area contributed by atoms with Crippen molar-refractivity contribution in [3.8, 4) is 16.9 Å². The van der Waals surface area contributed by atoms with Crippen molar-refractivity contribution in [3.05, 3.63) is 53.6 Å². The zero-order valence-electron chi connectivity index (χ0n) is 10.4. The minimum Gasteiger partial charge on any atom is -0.507 e. The van der Waals surface area contributed by atoms with Crippen molar-refractivity contribution in [2.45, 2.75) is 0 Å². The molecule has 0 radical (unpaired) electrons. The molecule has 0 aliphatic rings. The number of phenols is 1. The molecule has 0 saturated carbocycles. The molecular formula is C15H13NO3. The van der Waals surface area contributed by atoms with Crippen LogP contribution in [0.1, 0.15) is 20.7 Å². The van der Waals surface area contributed by atoms with E-state index in [0.29, 0.717) is 11.8 Å². The van der Waals surface area contributed by atoms with Crippen molar-refractivity contribution in [2.75, 3.05) is 7.05 Å². The van der Waals surface area contributed by atoms with Crippen molar-refractivity contribution >= 4 is 12.2 Å². The van der Waals surface area contributed by atoms with Crippen LogP contribution in [0.2, 0.25) is 0 Å². The lowest BCUT2D eigenvalue weighted by Crippen LogP contribution is -2.17. The average Bonchev–Trinajstić information content (AvgIpc) is 2.47. The third kappa shape index (κ3) is 2.63. The van der Waals surface area contributed by atoms with Gasteiger partial charge in [0.05, 0.1) is 5.56 Å². The first-order valence-electron chi connectivity index (χ1n) is 5.76. The molecule has 0 atom stereocenters. The summed E-state index contributed by atoms with van der Waals surface area (Å²) in [4.78, 5) is 22.4. The van der Waals surface area contributed by atoms with Gasteiger partial charge in [-0.2, -0.15) is 0 Å². The smallest absolute Gasteiger partial charge is 0.251 e. The number of aldehydes is 1. The van der Waals surface area contributed by atoms with Crippen LogP contribution in [0.15, 0.2) is 42.5 Å². The van der Waals surface area contributed by atoms with Crippen molar-refractivity contribution in [2.24, 2.45) is 0 Å². The highest BCUT2D eigenvalue weighted by Crippen LogP contribution is 2.25. The Morgan fingerprint density at radius 1 is 1.16 bits per heavy atom. The fourth-order valence-corrected chi connectivity index (χ4v) is 1.81. The highest BCUT2D eigenvalue weighted by Gasteiger charge is 2.07. The van der Waals surface area contributed by atoms with E-state index in [1.165, 1.54) is 6.07 Å². The van der Waals surface area contributed by atoms with Gasteiger partial charge in [-0.05, 0) is 35.4 Å². The largest absolute Gasteiger partial charge is 0.507 e. The molecule has 0 bridgehead atoms. The van der Waals surface area contributed by atoms with Crippen LogP contribution < -0.4 is 5.32 Å². The number of rotatable bonds is 3. The molecule has 2 aromatic rings. The van der Waals surface area contributed by atoms with Crippen molar-refractivity contribution in [1.82, 2.24) is 5.32 Å². The third-order valence-electron chi connectivity index (χ3n) is 2.84. The normalized spacial score (nSPS) is 9.95. The van der Waals surface area contributed by atoms with Gasteiger partial charge in [-0.1, -0.05) is 18.2 Å². The number of phenolic OH excluding ortho intramolecular Hbond substituents is 1. The van der Waals surface area contributed by atoms with E-state index in [4.69, 9.17) is 0 Å². The molecule has 0 aliphatic heterocycles. The van der Waals surface area contributed by atoms with Crippen LogP contribution in [0.5, 0.6) is 5.75 Å². The number of carbonyl (C=O) groups is 2. The summed E-state index contributed by atoms with van der Waals surface area (Å²) in [6.07, 6.45) is 0.599. The van der Waals surface area contributed by atoms with E-state index in [-0.39, 0.29) is 17.2 Å². The molecule has 0 fully saturated rings. The molecule has 0 heterocycles. The van der Waals surface area contributed by atoms with Gasteiger partial charge in [0, 0.05) is 12.6 Å². The zero-order chi connectivity index (χ0) is 13.8. The van der Waals surface area contributed by atoms with E-state index in [9.17, 15) is 14.7 Å². The number of hydrogen-bond acceptors (Lipinski definition) is 3. The minimum absolute atomic E-state index is 0.0544. The van der Waals surface area contributed by atoms with Gasteiger partial charge >= 0.3 is 0 Å². The fourth-order valence-electron chi connectivity index (χ4n) is 1.81. The Bertz CT molecular complexity index is 635. The molecule has 0 saturated heterocycles. The predicted octanol–water partition coefficient (Wildman–Crippen LogP) is 2.23.